The Morgan fingerprint density at radius 2 is 1.46 bits per heavy atom. The molecule has 4 saturated heterocycles. The van der Waals surface area contributed by atoms with Crippen LogP contribution in [-0.2, 0) is 0 Å². The molecule has 0 radical (unpaired) electrons. The second-order valence-corrected chi connectivity index (χ2v) is 9.24. The number of hydrogen-bond donors (Lipinski definition) is 2. The maximum absolute atomic E-state index is 10.3. The fourth-order valence-electron chi connectivity index (χ4n) is 6.51. The van der Waals surface area contributed by atoms with Gasteiger partial charge >= 0.3 is 0 Å². The molecule has 4 aliphatic rings. The Balaban J connectivity index is 1.37. The molecule has 4 fully saturated rings. The molecule has 0 amide bonds. The molecular formula is C20H36N2O2. The summed E-state index contributed by atoms with van der Waals surface area (Å²) in [5, 5.41) is 20.5. The maximum Gasteiger partial charge on any atom is 0.0595 e. The van der Waals surface area contributed by atoms with E-state index in [1.165, 1.54) is 38.6 Å². The van der Waals surface area contributed by atoms with Crippen LogP contribution in [0.2, 0.25) is 0 Å². The van der Waals surface area contributed by atoms with Crippen molar-refractivity contribution < 1.29 is 10.2 Å². The van der Waals surface area contributed by atoms with Crippen molar-refractivity contribution in [1.29, 1.82) is 0 Å². The molecule has 0 aromatic rings. The molecule has 0 aromatic carbocycles. The quantitative estimate of drug-likeness (QED) is 0.826. The van der Waals surface area contributed by atoms with Crippen LogP contribution in [0.3, 0.4) is 0 Å². The molecule has 9 atom stereocenters. The minimum atomic E-state index is -0.0915. The molecule has 0 aliphatic carbocycles. The first-order valence-electron chi connectivity index (χ1n) is 10.4. The molecule has 4 bridgehead atoms. The molecule has 4 nitrogen and oxygen atoms in total. The predicted molar refractivity (Wildman–Crippen MR) is 95.8 cm³/mol. The first kappa shape index (κ1) is 17.3. The van der Waals surface area contributed by atoms with E-state index in [9.17, 15) is 10.2 Å². The second kappa shape index (κ2) is 6.53. The molecule has 138 valence electrons. The molecule has 4 heteroatoms. The standard InChI is InChI=1S/C20H36N2O2/c1-12(22-16-5-7-18(22)14(3)20(24)11-16)8-9-21-15-4-6-17(21)13(2)19(23)10-15/h12-20,23-24H,4-11H2,1-3H3. The lowest BCUT2D eigenvalue weighted by atomic mass is 9.87. The van der Waals surface area contributed by atoms with Crippen LogP contribution >= 0.6 is 0 Å². The zero-order valence-electron chi connectivity index (χ0n) is 15.6. The van der Waals surface area contributed by atoms with Crippen LogP contribution < -0.4 is 0 Å². The maximum atomic E-state index is 10.3. The van der Waals surface area contributed by atoms with Crippen molar-refractivity contribution in [1.82, 2.24) is 9.80 Å². The fraction of sp³-hybridized carbons (Fsp3) is 1.00. The van der Waals surface area contributed by atoms with E-state index in [1.54, 1.807) is 0 Å². The zero-order chi connectivity index (χ0) is 17.0. The van der Waals surface area contributed by atoms with Crippen LogP contribution in [0, 0.1) is 11.8 Å². The van der Waals surface area contributed by atoms with Crippen LogP contribution in [0.15, 0.2) is 0 Å². The molecular weight excluding hydrogens is 300 g/mol. The Labute approximate surface area is 147 Å². The van der Waals surface area contributed by atoms with Crippen LogP contribution in [-0.4, -0.2) is 69.0 Å². The van der Waals surface area contributed by atoms with Gasteiger partial charge in [0.2, 0.25) is 0 Å². The monoisotopic (exact) mass is 336 g/mol. The Morgan fingerprint density at radius 1 is 0.875 bits per heavy atom. The molecule has 9 unspecified atom stereocenters. The lowest BCUT2D eigenvalue weighted by molar-refractivity contribution is -0.0386. The Morgan fingerprint density at radius 3 is 2.21 bits per heavy atom. The van der Waals surface area contributed by atoms with E-state index in [-0.39, 0.29) is 12.2 Å². The Hall–Kier alpha value is -0.160. The van der Waals surface area contributed by atoms with Crippen molar-refractivity contribution in [3.05, 3.63) is 0 Å². The minimum absolute atomic E-state index is 0.0866. The number of rotatable bonds is 4. The molecule has 24 heavy (non-hydrogen) atoms. The Bertz CT molecular complexity index is 459. The van der Waals surface area contributed by atoms with Crippen molar-refractivity contribution in [2.45, 2.75) is 108 Å². The SMILES string of the molecule is CC1C(O)CC2CCC1N2CCC(C)N1C2CCC1C(C)C(O)C2. The van der Waals surface area contributed by atoms with Gasteiger partial charge in [-0.3, -0.25) is 9.80 Å². The average molecular weight is 337 g/mol. The summed E-state index contributed by atoms with van der Waals surface area (Å²) in [7, 11) is 0. The van der Waals surface area contributed by atoms with Crippen molar-refractivity contribution in [2.24, 2.45) is 11.8 Å². The van der Waals surface area contributed by atoms with E-state index in [2.05, 4.69) is 30.6 Å². The lowest BCUT2D eigenvalue weighted by Gasteiger charge is -2.46. The highest BCUT2D eigenvalue weighted by atomic mass is 16.3. The number of nitrogens with zero attached hydrogens (tertiary/aromatic N) is 2. The van der Waals surface area contributed by atoms with Gasteiger partial charge < -0.3 is 10.2 Å². The van der Waals surface area contributed by atoms with Crippen molar-refractivity contribution in [3.8, 4) is 0 Å². The summed E-state index contributed by atoms with van der Waals surface area (Å²) in [5.74, 6) is 0.855. The van der Waals surface area contributed by atoms with Gasteiger partial charge in [-0.15, -0.1) is 0 Å². The first-order valence-corrected chi connectivity index (χ1v) is 10.4. The number of aliphatic hydroxyl groups is 2. The molecule has 4 heterocycles. The van der Waals surface area contributed by atoms with Crippen LogP contribution in [0.5, 0.6) is 0 Å². The molecule has 2 N–H and O–H groups in total. The third-order valence-electron chi connectivity index (χ3n) is 8.06. The number of aliphatic hydroxyl groups excluding tert-OH is 2. The van der Waals surface area contributed by atoms with Gasteiger partial charge in [0.1, 0.15) is 0 Å². The van der Waals surface area contributed by atoms with Crippen LogP contribution in [0.25, 0.3) is 0 Å². The first-order chi connectivity index (χ1) is 11.5. The van der Waals surface area contributed by atoms with Gasteiger partial charge in [0.15, 0.2) is 0 Å². The Kier molecular flexibility index (Phi) is 4.70. The van der Waals surface area contributed by atoms with Crippen molar-refractivity contribution in [3.63, 3.8) is 0 Å². The predicted octanol–water partition coefficient (Wildman–Crippen LogP) is 2.23. The van der Waals surface area contributed by atoms with E-state index in [0.717, 1.165) is 12.8 Å². The van der Waals surface area contributed by atoms with Crippen LogP contribution in [0.4, 0.5) is 0 Å². The number of fused-ring (bicyclic) bond motifs is 4. The summed E-state index contributed by atoms with van der Waals surface area (Å²) in [4.78, 5) is 5.47. The topological polar surface area (TPSA) is 46.9 Å². The summed E-state index contributed by atoms with van der Waals surface area (Å²) in [5.41, 5.74) is 0. The van der Waals surface area contributed by atoms with Gasteiger partial charge in [-0.25, -0.2) is 0 Å². The van der Waals surface area contributed by atoms with Crippen molar-refractivity contribution in [2.75, 3.05) is 6.54 Å². The third-order valence-corrected chi connectivity index (χ3v) is 8.06. The van der Waals surface area contributed by atoms with Gasteiger partial charge in [0.25, 0.3) is 0 Å². The average Bonchev–Trinajstić information content (AvgIpc) is 3.07. The minimum Gasteiger partial charge on any atom is -0.393 e. The summed E-state index contributed by atoms with van der Waals surface area (Å²) in [6.45, 7) is 8.06. The van der Waals surface area contributed by atoms with Gasteiger partial charge in [0.05, 0.1) is 12.2 Å². The molecule has 0 saturated carbocycles. The molecule has 4 aliphatic heterocycles. The zero-order valence-corrected chi connectivity index (χ0v) is 15.6. The number of piperidine rings is 2. The third kappa shape index (κ3) is 2.74. The highest BCUT2D eigenvalue weighted by molar-refractivity contribution is 5.02. The molecule has 0 spiro atoms. The van der Waals surface area contributed by atoms with Gasteiger partial charge in [-0.1, -0.05) is 13.8 Å². The smallest absolute Gasteiger partial charge is 0.0595 e. The van der Waals surface area contributed by atoms with Gasteiger partial charge in [-0.2, -0.15) is 0 Å². The van der Waals surface area contributed by atoms with Gasteiger partial charge in [-0.05, 0) is 63.7 Å². The summed E-state index contributed by atoms with van der Waals surface area (Å²) in [6.07, 6.45) is 8.09. The summed E-state index contributed by atoms with van der Waals surface area (Å²) < 4.78 is 0. The lowest BCUT2D eigenvalue weighted by Crippen LogP contribution is -2.55. The van der Waals surface area contributed by atoms with E-state index >= 15 is 0 Å². The van der Waals surface area contributed by atoms with E-state index in [0.29, 0.717) is 42.0 Å². The largest absolute Gasteiger partial charge is 0.393 e. The van der Waals surface area contributed by atoms with Crippen molar-refractivity contribution >= 4 is 0 Å². The second-order valence-electron chi connectivity index (χ2n) is 9.24. The van der Waals surface area contributed by atoms with E-state index in [4.69, 9.17) is 0 Å². The van der Waals surface area contributed by atoms with E-state index < -0.39 is 0 Å². The highest BCUT2D eigenvalue weighted by Crippen LogP contribution is 2.42. The molecule has 0 aromatic heterocycles. The van der Waals surface area contributed by atoms with Gasteiger partial charge in [0, 0.05) is 36.8 Å². The normalized spacial score (nSPS) is 50.4. The van der Waals surface area contributed by atoms with E-state index in [1.807, 2.05) is 0 Å². The van der Waals surface area contributed by atoms with Crippen LogP contribution in [0.1, 0.15) is 65.7 Å². The molecule has 4 rings (SSSR count). The highest BCUT2D eigenvalue weighted by Gasteiger charge is 2.47. The fourth-order valence-corrected chi connectivity index (χ4v) is 6.51. The summed E-state index contributed by atoms with van der Waals surface area (Å²) in [6, 6.07) is 3.03. The summed E-state index contributed by atoms with van der Waals surface area (Å²) >= 11 is 0. The number of hydrogen-bond acceptors (Lipinski definition) is 4.